The van der Waals surface area contributed by atoms with Gasteiger partial charge in [0.05, 0.1) is 0 Å². The fourth-order valence-electron chi connectivity index (χ4n) is 2.02. The average Bonchev–Trinajstić information content (AvgIpc) is 3.15. The van der Waals surface area contributed by atoms with Crippen LogP contribution >= 0.6 is 11.8 Å². The van der Waals surface area contributed by atoms with E-state index in [1.165, 1.54) is 18.4 Å². The van der Waals surface area contributed by atoms with Crippen molar-refractivity contribution in [3.05, 3.63) is 35.9 Å². The predicted octanol–water partition coefficient (Wildman–Crippen LogP) is 3.48. The predicted molar refractivity (Wildman–Crippen MR) is 72.9 cm³/mol. The van der Waals surface area contributed by atoms with Crippen LogP contribution in [0.5, 0.6) is 0 Å². The second-order valence-electron chi connectivity index (χ2n) is 4.68. The Morgan fingerprint density at radius 3 is 2.56 bits per heavy atom. The summed E-state index contributed by atoms with van der Waals surface area (Å²) in [4.78, 5) is 0. The Hall–Kier alpha value is -0.470. The molecule has 0 aliphatic heterocycles. The van der Waals surface area contributed by atoms with E-state index in [0.717, 1.165) is 12.5 Å². The maximum atomic E-state index is 3.73. The molecule has 2 atom stereocenters. The van der Waals surface area contributed by atoms with E-state index in [1.807, 2.05) is 11.8 Å². The Balaban J connectivity index is 1.95. The molecule has 88 valence electrons. The monoisotopic (exact) mass is 235 g/mol. The van der Waals surface area contributed by atoms with Crippen LogP contribution in [0.15, 0.2) is 30.3 Å². The zero-order valence-corrected chi connectivity index (χ0v) is 11.0. The molecule has 1 aliphatic rings. The van der Waals surface area contributed by atoms with Crippen LogP contribution < -0.4 is 5.32 Å². The lowest BCUT2D eigenvalue weighted by atomic mass is 10.0. The first-order valence-corrected chi connectivity index (χ1v) is 7.41. The van der Waals surface area contributed by atoms with Gasteiger partial charge in [0.25, 0.3) is 0 Å². The van der Waals surface area contributed by atoms with Gasteiger partial charge in [0.2, 0.25) is 0 Å². The Morgan fingerprint density at radius 2 is 2.00 bits per heavy atom. The van der Waals surface area contributed by atoms with Gasteiger partial charge in [-0.2, -0.15) is 11.8 Å². The second-order valence-corrected chi connectivity index (χ2v) is 5.96. The zero-order chi connectivity index (χ0) is 11.4. The quantitative estimate of drug-likeness (QED) is 0.810. The lowest BCUT2D eigenvalue weighted by Crippen LogP contribution is -2.28. The molecule has 1 aliphatic carbocycles. The summed E-state index contributed by atoms with van der Waals surface area (Å²) in [7, 11) is 0. The van der Waals surface area contributed by atoms with Gasteiger partial charge in [-0.05, 0) is 30.6 Å². The van der Waals surface area contributed by atoms with Crippen LogP contribution in [0.25, 0.3) is 0 Å². The van der Waals surface area contributed by atoms with Gasteiger partial charge < -0.3 is 5.32 Å². The Morgan fingerprint density at radius 1 is 1.31 bits per heavy atom. The first-order chi connectivity index (χ1) is 7.81. The SMILES string of the molecule is CSC(C)CNC(c1ccccc1)C1CC1. The Labute approximate surface area is 103 Å². The minimum Gasteiger partial charge on any atom is -0.309 e. The van der Waals surface area contributed by atoms with Gasteiger partial charge in [-0.25, -0.2) is 0 Å². The Kier molecular flexibility index (Phi) is 4.30. The molecule has 1 N–H and O–H groups in total. The van der Waals surface area contributed by atoms with Gasteiger partial charge in [-0.3, -0.25) is 0 Å². The molecule has 1 fully saturated rings. The maximum Gasteiger partial charge on any atom is 0.0349 e. The summed E-state index contributed by atoms with van der Waals surface area (Å²) in [6.45, 7) is 3.39. The number of hydrogen-bond acceptors (Lipinski definition) is 2. The number of rotatable bonds is 6. The average molecular weight is 235 g/mol. The molecule has 0 heterocycles. The van der Waals surface area contributed by atoms with Crippen molar-refractivity contribution in [2.24, 2.45) is 5.92 Å². The molecule has 1 saturated carbocycles. The summed E-state index contributed by atoms with van der Waals surface area (Å²) in [6.07, 6.45) is 4.96. The minimum atomic E-state index is 0.579. The normalized spacial score (nSPS) is 19.4. The van der Waals surface area contributed by atoms with E-state index in [9.17, 15) is 0 Å². The number of nitrogens with one attached hydrogen (secondary N) is 1. The topological polar surface area (TPSA) is 12.0 Å². The van der Waals surface area contributed by atoms with E-state index in [2.05, 4.69) is 48.8 Å². The van der Waals surface area contributed by atoms with Gasteiger partial charge in [0, 0.05) is 17.8 Å². The molecule has 1 nitrogen and oxygen atoms in total. The lowest BCUT2D eigenvalue weighted by Gasteiger charge is -2.20. The molecular weight excluding hydrogens is 214 g/mol. The molecule has 2 rings (SSSR count). The van der Waals surface area contributed by atoms with Crippen LogP contribution in [0, 0.1) is 5.92 Å². The van der Waals surface area contributed by atoms with Gasteiger partial charge in [0.1, 0.15) is 0 Å². The largest absolute Gasteiger partial charge is 0.309 e. The summed E-state index contributed by atoms with van der Waals surface area (Å²) in [5.41, 5.74) is 1.46. The highest BCUT2D eigenvalue weighted by molar-refractivity contribution is 7.99. The fourth-order valence-corrected chi connectivity index (χ4v) is 2.29. The molecule has 1 aromatic carbocycles. The van der Waals surface area contributed by atoms with Crippen molar-refractivity contribution in [3.63, 3.8) is 0 Å². The molecule has 1 aromatic rings. The molecular formula is C14H21NS. The molecule has 0 spiro atoms. The van der Waals surface area contributed by atoms with E-state index in [-0.39, 0.29) is 0 Å². The standard InChI is InChI=1S/C14H21NS/c1-11(16-2)10-15-14(13-8-9-13)12-6-4-3-5-7-12/h3-7,11,13-15H,8-10H2,1-2H3. The van der Waals surface area contributed by atoms with Gasteiger partial charge in [0.15, 0.2) is 0 Å². The van der Waals surface area contributed by atoms with Gasteiger partial charge >= 0.3 is 0 Å². The molecule has 0 radical (unpaired) electrons. The third-order valence-electron chi connectivity index (χ3n) is 3.28. The fraction of sp³-hybridized carbons (Fsp3) is 0.571. The van der Waals surface area contributed by atoms with Crippen LogP contribution in [-0.4, -0.2) is 18.1 Å². The minimum absolute atomic E-state index is 0.579. The van der Waals surface area contributed by atoms with Crippen molar-refractivity contribution in [2.75, 3.05) is 12.8 Å². The van der Waals surface area contributed by atoms with E-state index in [0.29, 0.717) is 11.3 Å². The van der Waals surface area contributed by atoms with E-state index in [1.54, 1.807) is 0 Å². The van der Waals surface area contributed by atoms with Crippen LogP contribution in [0.2, 0.25) is 0 Å². The molecule has 0 aromatic heterocycles. The van der Waals surface area contributed by atoms with Crippen LogP contribution in [0.3, 0.4) is 0 Å². The highest BCUT2D eigenvalue weighted by Crippen LogP contribution is 2.40. The first-order valence-electron chi connectivity index (χ1n) is 6.12. The highest BCUT2D eigenvalue weighted by atomic mass is 32.2. The molecule has 0 amide bonds. The first kappa shape index (κ1) is 12.0. The highest BCUT2D eigenvalue weighted by Gasteiger charge is 2.31. The third kappa shape index (κ3) is 3.26. The van der Waals surface area contributed by atoms with Crippen LogP contribution in [0.1, 0.15) is 31.4 Å². The van der Waals surface area contributed by atoms with Crippen molar-refractivity contribution in [3.8, 4) is 0 Å². The lowest BCUT2D eigenvalue weighted by molar-refractivity contribution is 0.484. The van der Waals surface area contributed by atoms with Crippen LogP contribution in [-0.2, 0) is 0 Å². The van der Waals surface area contributed by atoms with E-state index >= 15 is 0 Å². The van der Waals surface area contributed by atoms with Crippen molar-refractivity contribution in [1.82, 2.24) is 5.32 Å². The molecule has 2 unspecified atom stereocenters. The number of hydrogen-bond donors (Lipinski definition) is 1. The Bertz CT molecular complexity index is 308. The zero-order valence-electron chi connectivity index (χ0n) is 10.1. The summed E-state index contributed by atoms with van der Waals surface area (Å²) < 4.78 is 0. The number of thioether (sulfide) groups is 1. The van der Waals surface area contributed by atoms with Crippen molar-refractivity contribution in [1.29, 1.82) is 0 Å². The third-order valence-corrected chi connectivity index (χ3v) is 4.25. The van der Waals surface area contributed by atoms with Gasteiger partial charge in [-0.15, -0.1) is 0 Å². The number of benzene rings is 1. The smallest absolute Gasteiger partial charge is 0.0349 e. The van der Waals surface area contributed by atoms with Crippen molar-refractivity contribution >= 4 is 11.8 Å². The summed E-state index contributed by atoms with van der Waals surface area (Å²) >= 11 is 1.93. The summed E-state index contributed by atoms with van der Waals surface area (Å²) in [5, 5.41) is 4.43. The maximum absolute atomic E-state index is 3.73. The van der Waals surface area contributed by atoms with Gasteiger partial charge in [-0.1, -0.05) is 37.3 Å². The van der Waals surface area contributed by atoms with E-state index < -0.39 is 0 Å². The van der Waals surface area contributed by atoms with Crippen LogP contribution in [0.4, 0.5) is 0 Å². The summed E-state index contributed by atoms with van der Waals surface area (Å²) in [6, 6.07) is 11.5. The molecule has 16 heavy (non-hydrogen) atoms. The molecule has 2 heteroatoms. The molecule has 0 saturated heterocycles. The second kappa shape index (κ2) is 5.74. The van der Waals surface area contributed by atoms with Crippen molar-refractivity contribution < 1.29 is 0 Å². The molecule has 0 bridgehead atoms. The van der Waals surface area contributed by atoms with Crippen molar-refractivity contribution in [2.45, 2.75) is 31.1 Å². The summed E-state index contributed by atoms with van der Waals surface area (Å²) in [5.74, 6) is 0.872. The van der Waals surface area contributed by atoms with E-state index in [4.69, 9.17) is 0 Å².